The molecule has 4 nitrogen and oxygen atoms in total. The van der Waals surface area contributed by atoms with Crippen LogP contribution in [0.25, 0.3) is 0 Å². The van der Waals surface area contributed by atoms with E-state index in [0.717, 1.165) is 17.8 Å². The third kappa shape index (κ3) is 2.20. The Balaban J connectivity index is 2.31. The number of hydrogen-bond acceptors (Lipinski definition) is 3. The molecule has 98 valence electrons. The lowest BCUT2D eigenvalue weighted by Crippen LogP contribution is -2.35. The molecule has 2 rings (SSSR count). The second-order valence-corrected chi connectivity index (χ2v) is 5.38. The molecule has 0 unspecified atom stereocenters. The van der Waals surface area contributed by atoms with Gasteiger partial charge in [-0.25, -0.2) is 0 Å². The Morgan fingerprint density at radius 1 is 1.39 bits per heavy atom. The minimum atomic E-state index is -0.266. The van der Waals surface area contributed by atoms with E-state index in [4.69, 9.17) is 0 Å². The summed E-state index contributed by atoms with van der Waals surface area (Å²) in [4.78, 5) is 11.5. The van der Waals surface area contributed by atoms with Crippen molar-refractivity contribution >= 4 is 11.6 Å². The Kier molecular flexibility index (Phi) is 3.30. The molecule has 0 radical (unpaired) electrons. The van der Waals surface area contributed by atoms with E-state index in [0.29, 0.717) is 6.42 Å². The Labute approximate surface area is 108 Å². The van der Waals surface area contributed by atoms with Crippen LogP contribution in [0.15, 0.2) is 24.3 Å². The van der Waals surface area contributed by atoms with Gasteiger partial charge < -0.3 is 5.11 Å². The van der Waals surface area contributed by atoms with Crippen LogP contribution < -0.4 is 5.01 Å². The maximum atomic E-state index is 11.5. The molecule has 1 saturated heterocycles. The SMILES string of the molecule is CN1C(=O)CCN1c1cccc(C(C)(C)CO)c1. The van der Waals surface area contributed by atoms with Gasteiger partial charge in [-0.2, -0.15) is 0 Å². The number of carbonyl (C=O) groups excluding carboxylic acids is 1. The quantitative estimate of drug-likeness (QED) is 0.882. The Morgan fingerprint density at radius 3 is 2.67 bits per heavy atom. The molecular weight excluding hydrogens is 228 g/mol. The van der Waals surface area contributed by atoms with E-state index in [1.165, 1.54) is 0 Å². The van der Waals surface area contributed by atoms with Gasteiger partial charge in [0.1, 0.15) is 0 Å². The van der Waals surface area contributed by atoms with Gasteiger partial charge in [-0.05, 0) is 17.7 Å². The van der Waals surface area contributed by atoms with E-state index in [2.05, 4.69) is 0 Å². The average molecular weight is 248 g/mol. The predicted octanol–water partition coefficient (Wildman–Crippen LogP) is 1.54. The Hall–Kier alpha value is -1.55. The molecule has 0 bridgehead atoms. The van der Waals surface area contributed by atoms with E-state index in [-0.39, 0.29) is 17.9 Å². The summed E-state index contributed by atoms with van der Waals surface area (Å²) in [5.41, 5.74) is 1.82. The average Bonchev–Trinajstić information content (AvgIpc) is 2.70. The summed E-state index contributed by atoms with van der Waals surface area (Å²) in [7, 11) is 1.79. The predicted molar refractivity (Wildman–Crippen MR) is 71.3 cm³/mol. The fraction of sp³-hybridized carbons (Fsp3) is 0.500. The molecule has 4 heteroatoms. The van der Waals surface area contributed by atoms with Gasteiger partial charge in [-0.3, -0.25) is 14.8 Å². The van der Waals surface area contributed by atoms with E-state index in [1.807, 2.05) is 43.1 Å². The fourth-order valence-corrected chi connectivity index (χ4v) is 2.13. The van der Waals surface area contributed by atoms with Crippen LogP contribution in [-0.2, 0) is 10.2 Å². The molecule has 1 fully saturated rings. The van der Waals surface area contributed by atoms with E-state index >= 15 is 0 Å². The molecule has 1 N–H and O–H groups in total. The number of aliphatic hydroxyl groups is 1. The van der Waals surface area contributed by atoms with Gasteiger partial charge >= 0.3 is 0 Å². The number of anilines is 1. The zero-order chi connectivity index (χ0) is 13.3. The first-order valence-corrected chi connectivity index (χ1v) is 6.21. The van der Waals surface area contributed by atoms with Gasteiger partial charge in [0.2, 0.25) is 5.91 Å². The van der Waals surface area contributed by atoms with Crippen LogP contribution in [0.3, 0.4) is 0 Å². The van der Waals surface area contributed by atoms with E-state index < -0.39 is 0 Å². The number of aliphatic hydroxyl groups excluding tert-OH is 1. The van der Waals surface area contributed by atoms with Gasteiger partial charge in [0.25, 0.3) is 0 Å². The maximum absolute atomic E-state index is 11.5. The highest BCUT2D eigenvalue weighted by Gasteiger charge is 2.27. The smallest absolute Gasteiger partial charge is 0.242 e. The zero-order valence-corrected chi connectivity index (χ0v) is 11.2. The normalized spacial score (nSPS) is 16.6. The highest BCUT2D eigenvalue weighted by atomic mass is 16.3. The molecule has 1 aromatic rings. The summed E-state index contributed by atoms with van der Waals surface area (Å²) < 4.78 is 0. The van der Waals surface area contributed by atoms with Crippen molar-refractivity contribution in [2.45, 2.75) is 25.7 Å². The van der Waals surface area contributed by atoms with Gasteiger partial charge in [0, 0.05) is 25.4 Å². The molecule has 0 aliphatic carbocycles. The Morgan fingerprint density at radius 2 is 2.11 bits per heavy atom. The zero-order valence-electron chi connectivity index (χ0n) is 11.2. The van der Waals surface area contributed by atoms with Crippen LogP contribution in [0.1, 0.15) is 25.8 Å². The number of hydrazine groups is 1. The second kappa shape index (κ2) is 4.61. The van der Waals surface area contributed by atoms with Crippen molar-refractivity contribution in [3.05, 3.63) is 29.8 Å². The van der Waals surface area contributed by atoms with Crippen molar-refractivity contribution in [2.24, 2.45) is 0 Å². The molecule has 0 aromatic heterocycles. The molecule has 1 aliphatic heterocycles. The first kappa shape index (κ1) is 12.9. The lowest BCUT2D eigenvalue weighted by atomic mass is 9.85. The van der Waals surface area contributed by atoms with Gasteiger partial charge in [0.15, 0.2) is 0 Å². The molecule has 1 heterocycles. The van der Waals surface area contributed by atoms with Crippen LogP contribution in [0.5, 0.6) is 0 Å². The Bertz CT molecular complexity index is 457. The summed E-state index contributed by atoms with van der Waals surface area (Å²) in [5, 5.41) is 13.0. The number of nitrogens with zero attached hydrogens (tertiary/aromatic N) is 2. The summed E-state index contributed by atoms with van der Waals surface area (Å²) in [6.45, 7) is 4.83. The van der Waals surface area contributed by atoms with E-state index in [1.54, 1.807) is 12.1 Å². The lowest BCUT2D eigenvalue weighted by molar-refractivity contribution is -0.126. The monoisotopic (exact) mass is 248 g/mol. The van der Waals surface area contributed by atoms with Crippen molar-refractivity contribution in [1.29, 1.82) is 0 Å². The van der Waals surface area contributed by atoms with Crippen LogP contribution in [0.4, 0.5) is 5.69 Å². The first-order valence-electron chi connectivity index (χ1n) is 6.21. The van der Waals surface area contributed by atoms with Gasteiger partial charge in [-0.15, -0.1) is 0 Å². The number of benzene rings is 1. The molecule has 1 amide bonds. The minimum Gasteiger partial charge on any atom is -0.395 e. The molecule has 0 saturated carbocycles. The second-order valence-electron chi connectivity index (χ2n) is 5.38. The van der Waals surface area contributed by atoms with Crippen molar-refractivity contribution < 1.29 is 9.90 Å². The highest BCUT2D eigenvalue weighted by Crippen LogP contribution is 2.28. The lowest BCUT2D eigenvalue weighted by Gasteiger charge is -2.28. The van der Waals surface area contributed by atoms with Crippen LogP contribution in [0.2, 0.25) is 0 Å². The van der Waals surface area contributed by atoms with Crippen molar-refractivity contribution in [2.75, 3.05) is 25.2 Å². The highest BCUT2D eigenvalue weighted by molar-refractivity contribution is 5.81. The summed E-state index contributed by atoms with van der Waals surface area (Å²) >= 11 is 0. The van der Waals surface area contributed by atoms with Crippen molar-refractivity contribution in [3.63, 3.8) is 0 Å². The molecular formula is C14H20N2O2. The third-order valence-electron chi connectivity index (χ3n) is 3.58. The van der Waals surface area contributed by atoms with Crippen molar-refractivity contribution in [1.82, 2.24) is 5.01 Å². The summed E-state index contributed by atoms with van der Waals surface area (Å²) in [6, 6.07) is 8.02. The van der Waals surface area contributed by atoms with Crippen LogP contribution in [-0.4, -0.2) is 36.2 Å². The largest absolute Gasteiger partial charge is 0.395 e. The number of carbonyl (C=O) groups is 1. The summed E-state index contributed by atoms with van der Waals surface area (Å²) in [6.07, 6.45) is 0.560. The molecule has 18 heavy (non-hydrogen) atoms. The number of amides is 1. The number of rotatable bonds is 3. The van der Waals surface area contributed by atoms with Crippen molar-refractivity contribution in [3.8, 4) is 0 Å². The topological polar surface area (TPSA) is 43.8 Å². The van der Waals surface area contributed by atoms with E-state index in [9.17, 15) is 9.90 Å². The molecule has 0 atom stereocenters. The van der Waals surface area contributed by atoms with Crippen LogP contribution >= 0.6 is 0 Å². The molecule has 1 aromatic carbocycles. The molecule has 1 aliphatic rings. The minimum absolute atomic E-state index is 0.102. The van der Waals surface area contributed by atoms with Gasteiger partial charge in [-0.1, -0.05) is 26.0 Å². The molecule has 0 spiro atoms. The maximum Gasteiger partial charge on any atom is 0.242 e. The third-order valence-corrected chi connectivity index (χ3v) is 3.58. The summed E-state index contributed by atoms with van der Waals surface area (Å²) in [5.74, 6) is 0.141. The van der Waals surface area contributed by atoms with Crippen LogP contribution in [0, 0.1) is 0 Å². The number of hydrogen-bond donors (Lipinski definition) is 1. The van der Waals surface area contributed by atoms with Gasteiger partial charge in [0.05, 0.1) is 12.3 Å². The first-order chi connectivity index (χ1) is 8.45. The standard InChI is InChI=1S/C14H20N2O2/c1-14(2,10-17)11-5-4-6-12(9-11)16-8-7-13(18)15(16)3/h4-6,9,17H,7-8,10H2,1-3H3. The fourth-order valence-electron chi connectivity index (χ4n) is 2.13.